The summed E-state index contributed by atoms with van der Waals surface area (Å²) in [6, 6.07) is 3.04. The van der Waals surface area contributed by atoms with Crippen molar-refractivity contribution in [3.05, 3.63) is 27.7 Å². The van der Waals surface area contributed by atoms with E-state index in [1.807, 2.05) is 0 Å². The van der Waals surface area contributed by atoms with Crippen LogP contribution in [0.15, 0.2) is 12.1 Å². The zero-order valence-electron chi connectivity index (χ0n) is 6.34. The van der Waals surface area contributed by atoms with Crippen molar-refractivity contribution >= 4 is 34.8 Å². The molecule has 1 aromatic rings. The maximum absolute atomic E-state index is 11.0. The van der Waals surface area contributed by atoms with Crippen LogP contribution in [0.2, 0.25) is 10.0 Å². The van der Waals surface area contributed by atoms with Crippen molar-refractivity contribution < 1.29 is 9.90 Å². The molecule has 2 N–H and O–H groups in total. The van der Waals surface area contributed by atoms with Crippen molar-refractivity contribution in [2.75, 3.05) is 5.32 Å². The van der Waals surface area contributed by atoms with Gasteiger partial charge in [-0.1, -0.05) is 23.2 Å². The first-order valence-electron chi connectivity index (χ1n) is 3.57. The van der Waals surface area contributed by atoms with Crippen LogP contribution in [0.25, 0.3) is 0 Å². The van der Waals surface area contributed by atoms with Crippen LogP contribution in [0, 0.1) is 0 Å². The van der Waals surface area contributed by atoms with Gasteiger partial charge < -0.3 is 10.4 Å². The summed E-state index contributed by atoms with van der Waals surface area (Å²) in [4.78, 5) is 11.0. The van der Waals surface area contributed by atoms with Gasteiger partial charge in [0.2, 0.25) is 0 Å². The fraction of sp³-hybridized carbons (Fsp3) is 0.125. The summed E-state index contributed by atoms with van der Waals surface area (Å²) in [5, 5.41) is 12.6. The predicted octanol–water partition coefficient (Wildman–Crippen LogP) is 1.98. The predicted molar refractivity (Wildman–Crippen MR) is 50.1 cm³/mol. The van der Waals surface area contributed by atoms with Gasteiger partial charge >= 0.3 is 0 Å². The molecule has 5 heteroatoms. The van der Waals surface area contributed by atoms with Gasteiger partial charge in [0.1, 0.15) is 0 Å². The number of benzene rings is 1. The summed E-state index contributed by atoms with van der Waals surface area (Å²) in [5.74, 6) is -0.473. The van der Waals surface area contributed by atoms with Crippen molar-refractivity contribution in [3.63, 3.8) is 0 Å². The summed E-state index contributed by atoms with van der Waals surface area (Å²) in [6.07, 6.45) is -1.18. The van der Waals surface area contributed by atoms with Crippen LogP contribution in [0.5, 0.6) is 0 Å². The number of amides is 1. The molecule has 1 aliphatic heterocycles. The van der Waals surface area contributed by atoms with Gasteiger partial charge in [-0.05, 0) is 12.1 Å². The first-order chi connectivity index (χ1) is 6.09. The zero-order chi connectivity index (χ0) is 9.59. The van der Waals surface area contributed by atoms with Gasteiger partial charge in [0.25, 0.3) is 5.91 Å². The lowest BCUT2D eigenvalue weighted by Crippen LogP contribution is -2.10. The highest BCUT2D eigenvalue weighted by Crippen LogP contribution is 2.38. The van der Waals surface area contributed by atoms with Gasteiger partial charge in [-0.2, -0.15) is 0 Å². The maximum Gasteiger partial charge on any atom is 0.257 e. The second kappa shape index (κ2) is 2.87. The van der Waals surface area contributed by atoms with Gasteiger partial charge in [-0.15, -0.1) is 0 Å². The van der Waals surface area contributed by atoms with E-state index in [1.165, 1.54) is 6.07 Å². The highest BCUT2D eigenvalue weighted by atomic mass is 35.5. The van der Waals surface area contributed by atoms with Crippen LogP contribution in [0.4, 0.5) is 5.69 Å². The van der Waals surface area contributed by atoms with E-state index in [0.29, 0.717) is 21.3 Å². The van der Waals surface area contributed by atoms with Crippen LogP contribution in [-0.2, 0) is 4.79 Å². The molecule has 0 fully saturated rings. The Kier molecular flexibility index (Phi) is 1.95. The topological polar surface area (TPSA) is 49.3 Å². The molecule has 0 saturated carbocycles. The average molecular weight is 218 g/mol. The number of anilines is 1. The third-order valence-electron chi connectivity index (χ3n) is 1.87. The van der Waals surface area contributed by atoms with E-state index in [-0.39, 0.29) is 0 Å². The summed E-state index contributed by atoms with van der Waals surface area (Å²) in [5.41, 5.74) is 0.881. The third-order valence-corrected chi connectivity index (χ3v) is 2.40. The van der Waals surface area contributed by atoms with Crippen LogP contribution in [0.1, 0.15) is 11.7 Å². The van der Waals surface area contributed by atoms with Crippen molar-refractivity contribution in [1.82, 2.24) is 0 Å². The molecule has 1 atom stereocenters. The molecule has 2 rings (SSSR count). The largest absolute Gasteiger partial charge is 0.378 e. The summed E-state index contributed by atoms with van der Waals surface area (Å²) < 4.78 is 0. The monoisotopic (exact) mass is 217 g/mol. The van der Waals surface area contributed by atoms with Gasteiger partial charge in [0.15, 0.2) is 6.10 Å². The molecule has 1 aromatic carbocycles. The lowest BCUT2D eigenvalue weighted by atomic mass is 10.1. The van der Waals surface area contributed by atoms with Crippen LogP contribution in [-0.4, -0.2) is 11.0 Å². The van der Waals surface area contributed by atoms with Crippen molar-refractivity contribution in [2.45, 2.75) is 6.10 Å². The Hall–Kier alpha value is -0.770. The molecule has 0 saturated heterocycles. The number of hydrogen-bond acceptors (Lipinski definition) is 2. The van der Waals surface area contributed by atoms with Crippen LogP contribution >= 0.6 is 23.2 Å². The Bertz CT molecular complexity index is 392. The van der Waals surface area contributed by atoms with Crippen LogP contribution in [0.3, 0.4) is 0 Å². The molecular weight excluding hydrogens is 213 g/mol. The van der Waals surface area contributed by atoms with E-state index >= 15 is 0 Å². The van der Waals surface area contributed by atoms with Crippen molar-refractivity contribution in [3.8, 4) is 0 Å². The lowest BCUT2D eigenvalue weighted by molar-refractivity contribution is -0.123. The first kappa shape index (κ1) is 8.81. The van der Waals surface area contributed by atoms with E-state index in [1.54, 1.807) is 6.07 Å². The minimum atomic E-state index is -1.18. The number of carbonyl (C=O) groups excluding carboxylic acids is 1. The highest BCUT2D eigenvalue weighted by Gasteiger charge is 2.30. The molecule has 1 amide bonds. The van der Waals surface area contributed by atoms with Crippen molar-refractivity contribution in [1.29, 1.82) is 0 Å². The van der Waals surface area contributed by atoms with Gasteiger partial charge in [-0.25, -0.2) is 0 Å². The molecule has 13 heavy (non-hydrogen) atoms. The Morgan fingerprint density at radius 1 is 1.38 bits per heavy atom. The number of rotatable bonds is 0. The van der Waals surface area contributed by atoms with Crippen molar-refractivity contribution in [2.24, 2.45) is 0 Å². The molecule has 0 aliphatic carbocycles. The summed E-state index contributed by atoms with van der Waals surface area (Å²) >= 11 is 11.5. The first-order valence-corrected chi connectivity index (χ1v) is 4.33. The highest BCUT2D eigenvalue weighted by molar-refractivity contribution is 6.36. The number of hydrogen-bond donors (Lipinski definition) is 2. The second-order valence-corrected chi connectivity index (χ2v) is 3.58. The Morgan fingerprint density at radius 2 is 2.08 bits per heavy atom. The SMILES string of the molecule is O=C1Nc2cc(Cl)cc(Cl)c2C1O. The molecule has 0 bridgehead atoms. The molecule has 1 unspecified atom stereocenters. The van der Waals surface area contributed by atoms with Gasteiger partial charge in [-0.3, -0.25) is 4.79 Å². The number of aliphatic hydroxyl groups excluding tert-OH is 1. The molecule has 68 valence electrons. The molecule has 1 aliphatic rings. The Labute approximate surface area is 84.3 Å². The average Bonchev–Trinajstić information content (AvgIpc) is 2.27. The van der Waals surface area contributed by atoms with E-state index in [4.69, 9.17) is 23.2 Å². The fourth-order valence-corrected chi connectivity index (χ4v) is 1.90. The Morgan fingerprint density at radius 3 is 2.77 bits per heavy atom. The number of nitrogens with one attached hydrogen (secondary N) is 1. The number of aliphatic hydroxyl groups is 1. The molecule has 3 nitrogen and oxygen atoms in total. The molecule has 0 spiro atoms. The Balaban J connectivity index is 2.64. The second-order valence-electron chi connectivity index (χ2n) is 2.74. The van der Waals surface area contributed by atoms with Crippen LogP contribution < -0.4 is 5.32 Å². The zero-order valence-corrected chi connectivity index (χ0v) is 7.86. The summed E-state index contributed by atoms with van der Waals surface area (Å²) in [7, 11) is 0. The molecule has 0 radical (unpaired) electrons. The van der Waals surface area contributed by atoms with Gasteiger partial charge in [0.05, 0.1) is 10.7 Å². The fourth-order valence-electron chi connectivity index (χ4n) is 1.30. The minimum absolute atomic E-state index is 0.299. The lowest BCUT2D eigenvalue weighted by Gasteiger charge is -2.03. The smallest absolute Gasteiger partial charge is 0.257 e. The minimum Gasteiger partial charge on any atom is -0.378 e. The van der Waals surface area contributed by atoms with E-state index in [0.717, 1.165) is 0 Å². The molecule has 1 heterocycles. The standard InChI is InChI=1S/C8H5Cl2NO2/c9-3-1-4(10)6-5(2-3)11-8(13)7(6)12/h1-2,7,12H,(H,11,13). The van der Waals surface area contributed by atoms with E-state index in [9.17, 15) is 9.90 Å². The molecular formula is C8H5Cl2NO2. The van der Waals surface area contributed by atoms with E-state index in [2.05, 4.69) is 5.32 Å². The number of halogens is 2. The summed E-state index contributed by atoms with van der Waals surface area (Å²) in [6.45, 7) is 0. The maximum atomic E-state index is 11.0. The quantitative estimate of drug-likeness (QED) is 0.699. The molecule has 0 aromatic heterocycles. The number of fused-ring (bicyclic) bond motifs is 1. The van der Waals surface area contributed by atoms with Gasteiger partial charge in [0, 0.05) is 10.6 Å². The normalized spacial score (nSPS) is 19.9. The number of carbonyl (C=O) groups is 1. The third kappa shape index (κ3) is 1.29. The van der Waals surface area contributed by atoms with E-state index < -0.39 is 12.0 Å².